The lowest BCUT2D eigenvalue weighted by Gasteiger charge is -2.08. The molecule has 4 N–H and O–H groups in total. The maximum Gasteiger partial charge on any atom is 0.00110 e. The van der Waals surface area contributed by atoms with Crippen LogP contribution in [0.1, 0.15) is 46.5 Å². The molecule has 0 aliphatic carbocycles. The molecular weight excluding hydrogens is 160 g/mol. The van der Waals surface area contributed by atoms with E-state index in [4.69, 9.17) is 11.5 Å². The molecule has 0 radical (unpaired) electrons. The second-order valence-electron chi connectivity index (χ2n) is 4.15. The highest BCUT2D eigenvalue weighted by molar-refractivity contribution is 4.94. The Labute approximate surface area is 82.4 Å². The molecule has 0 saturated heterocycles. The normalized spacial score (nSPS) is 17.1. The Kier molecular flexibility index (Phi) is 6.69. The summed E-state index contributed by atoms with van der Waals surface area (Å²) in [5.41, 5.74) is 12.2. The summed E-state index contributed by atoms with van der Waals surface area (Å²) in [6.07, 6.45) is 6.98. The molecule has 0 aromatic rings. The standard InChI is InChI=1S/C11H24N2/c1-9(8-11(3)13)6-4-5-7-10(2)12/h8-10H,4-7,12-13H2,1-3H3/b11-8+/t9-,10-/m1/s1. The minimum Gasteiger partial charge on any atom is -0.403 e. The van der Waals surface area contributed by atoms with Crippen molar-refractivity contribution >= 4 is 0 Å². The highest BCUT2D eigenvalue weighted by Crippen LogP contribution is 2.11. The average Bonchev–Trinajstić information content (AvgIpc) is 1.96. The van der Waals surface area contributed by atoms with Gasteiger partial charge >= 0.3 is 0 Å². The fourth-order valence-electron chi connectivity index (χ4n) is 1.46. The molecule has 0 aliphatic heterocycles. The quantitative estimate of drug-likeness (QED) is 0.623. The summed E-state index contributed by atoms with van der Waals surface area (Å²) >= 11 is 0. The maximum atomic E-state index is 5.66. The lowest BCUT2D eigenvalue weighted by atomic mass is 10.0. The molecule has 2 nitrogen and oxygen atoms in total. The number of hydrogen-bond donors (Lipinski definition) is 2. The minimum atomic E-state index is 0.349. The molecule has 0 bridgehead atoms. The largest absolute Gasteiger partial charge is 0.403 e. The molecule has 0 rings (SSSR count). The van der Waals surface area contributed by atoms with E-state index in [1.165, 1.54) is 19.3 Å². The Morgan fingerprint density at radius 2 is 1.77 bits per heavy atom. The molecule has 0 spiro atoms. The number of allylic oxidation sites excluding steroid dienone is 2. The van der Waals surface area contributed by atoms with Crippen molar-refractivity contribution in [1.82, 2.24) is 0 Å². The SMILES string of the molecule is C/C(N)=C\[C@H](C)CCCC[C@@H](C)N. The Balaban J connectivity index is 3.37. The van der Waals surface area contributed by atoms with E-state index in [0.29, 0.717) is 12.0 Å². The number of hydrogen-bond acceptors (Lipinski definition) is 2. The molecule has 78 valence electrons. The van der Waals surface area contributed by atoms with Crippen molar-refractivity contribution in [3.05, 3.63) is 11.8 Å². The van der Waals surface area contributed by atoms with Gasteiger partial charge < -0.3 is 11.5 Å². The zero-order valence-corrected chi connectivity index (χ0v) is 9.22. The fraction of sp³-hybridized carbons (Fsp3) is 0.818. The van der Waals surface area contributed by atoms with Crippen LogP contribution in [0.4, 0.5) is 0 Å². The predicted octanol–water partition coefficient (Wildman–Crippen LogP) is 2.39. The van der Waals surface area contributed by atoms with Crippen LogP contribution in [-0.2, 0) is 0 Å². The van der Waals surface area contributed by atoms with Crippen LogP contribution in [0.3, 0.4) is 0 Å². The summed E-state index contributed by atoms with van der Waals surface area (Å²) in [5.74, 6) is 0.609. The van der Waals surface area contributed by atoms with Crippen LogP contribution in [0.25, 0.3) is 0 Å². The van der Waals surface area contributed by atoms with Crippen molar-refractivity contribution in [2.75, 3.05) is 0 Å². The summed E-state index contributed by atoms with van der Waals surface area (Å²) < 4.78 is 0. The van der Waals surface area contributed by atoms with Crippen LogP contribution in [0, 0.1) is 5.92 Å². The summed E-state index contributed by atoms with van der Waals surface area (Å²) in [6.45, 7) is 6.22. The third-order valence-electron chi connectivity index (χ3n) is 2.12. The van der Waals surface area contributed by atoms with Gasteiger partial charge in [-0.1, -0.05) is 25.8 Å². The van der Waals surface area contributed by atoms with E-state index in [1.54, 1.807) is 0 Å². The molecule has 13 heavy (non-hydrogen) atoms. The van der Waals surface area contributed by atoms with Crippen molar-refractivity contribution < 1.29 is 0 Å². The molecule has 2 heteroatoms. The van der Waals surface area contributed by atoms with Gasteiger partial charge in [0.25, 0.3) is 0 Å². The minimum absolute atomic E-state index is 0.349. The lowest BCUT2D eigenvalue weighted by Crippen LogP contribution is -2.14. The molecule has 0 unspecified atom stereocenters. The molecule has 0 fully saturated rings. The number of nitrogens with two attached hydrogens (primary N) is 2. The second kappa shape index (κ2) is 6.96. The molecular formula is C11H24N2. The zero-order valence-electron chi connectivity index (χ0n) is 9.22. The first-order chi connectivity index (χ1) is 6.02. The average molecular weight is 184 g/mol. The van der Waals surface area contributed by atoms with Crippen LogP contribution in [0.2, 0.25) is 0 Å². The van der Waals surface area contributed by atoms with Gasteiger partial charge in [-0.05, 0) is 32.6 Å². The summed E-state index contributed by atoms with van der Waals surface area (Å²) in [4.78, 5) is 0. The van der Waals surface area contributed by atoms with Gasteiger partial charge in [-0.3, -0.25) is 0 Å². The Hall–Kier alpha value is -0.500. The molecule has 0 amide bonds. The van der Waals surface area contributed by atoms with Gasteiger partial charge in [0, 0.05) is 11.7 Å². The topological polar surface area (TPSA) is 52.0 Å². The first kappa shape index (κ1) is 12.5. The third kappa shape index (κ3) is 9.41. The zero-order chi connectivity index (χ0) is 10.3. The van der Waals surface area contributed by atoms with Gasteiger partial charge in [0.15, 0.2) is 0 Å². The van der Waals surface area contributed by atoms with Crippen LogP contribution in [-0.4, -0.2) is 6.04 Å². The Morgan fingerprint density at radius 1 is 1.23 bits per heavy atom. The maximum absolute atomic E-state index is 5.66. The third-order valence-corrected chi connectivity index (χ3v) is 2.12. The molecule has 2 atom stereocenters. The van der Waals surface area contributed by atoms with E-state index in [2.05, 4.69) is 19.9 Å². The van der Waals surface area contributed by atoms with Crippen molar-refractivity contribution in [3.63, 3.8) is 0 Å². The van der Waals surface area contributed by atoms with E-state index in [0.717, 1.165) is 12.1 Å². The molecule has 0 saturated carbocycles. The van der Waals surface area contributed by atoms with Gasteiger partial charge in [0.1, 0.15) is 0 Å². The molecule has 0 aromatic heterocycles. The number of unbranched alkanes of at least 4 members (excludes halogenated alkanes) is 1. The van der Waals surface area contributed by atoms with Gasteiger partial charge in [0.2, 0.25) is 0 Å². The van der Waals surface area contributed by atoms with Crippen molar-refractivity contribution in [1.29, 1.82) is 0 Å². The van der Waals surface area contributed by atoms with Gasteiger partial charge in [-0.15, -0.1) is 0 Å². The van der Waals surface area contributed by atoms with Gasteiger partial charge in [0.05, 0.1) is 0 Å². The van der Waals surface area contributed by atoms with Crippen LogP contribution in [0.5, 0.6) is 0 Å². The van der Waals surface area contributed by atoms with Gasteiger partial charge in [-0.2, -0.15) is 0 Å². The van der Waals surface area contributed by atoms with Crippen LogP contribution < -0.4 is 11.5 Å². The molecule has 0 aromatic carbocycles. The first-order valence-corrected chi connectivity index (χ1v) is 5.22. The Bertz CT molecular complexity index is 146. The van der Waals surface area contributed by atoms with E-state index in [9.17, 15) is 0 Å². The van der Waals surface area contributed by atoms with E-state index in [-0.39, 0.29) is 0 Å². The van der Waals surface area contributed by atoms with Crippen LogP contribution in [0.15, 0.2) is 11.8 Å². The van der Waals surface area contributed by atoms with Crippen molar-refractivity contribution in [2.24, 2.45) is 17.4 Å². The van der Waals surface area contributed by atoms with Crippen molar-refractivity contribution in [3.8, 4) is 0 Å². The highest BCUT2D eigenvalue weighted by Gasteiger charge is 1.99. The summed E-state index contributed by atoms with van der Waals surface area (Å²) in [7, 11) is 0. The van der Waals surface area contributed by atoms with E-state index in [1.807, 2.05) is 6.92 Å². The number of rotatable bonds is 6. The first-order valence-electron chi connectivity index (χ1n) is 5.22. The molecule has 0 aliphatic rings. The molecule has 0 heterocycles. The monoisotopic (exact) mass is 184 g/mol. The van der Waals surface area contributed by atoms with E-state index < -0.39 is 0 Å². The van der Waals surface area contributed by atoms with E-state index >= 15 is 0 Å². The lowest BCUT2D eigenvalue weighted by molar-refractivity contribution is 0.534. The van der Waals surface area contributed by atoms with Gasteiger partial charge in [-0.25, -0.2) is 0 Å². The smallest absolute Gasteiger partial charge is 0.00110 e. The second-order valence-corrected chi connectivity index (χ2v) is 4.15. The highest BCUT2D eigenvalue weighted by atomic mass is 14.6. The summed E-state index contributed by atoms with van der Waals surface area (Å²) in [5, 5.41) is 0. The Morgan fingerprint density at radius 3 is 2.23 bits per heavy atom. The van der Waals surface area contributed by atoms with Crippen LogP contribution >= 0.6 is 0 Å². The predicted molar refractivity (Wildman–Crippen MR) is 59.2 cm³/mol. The summed E-state index contributed by atoms with van der Waals surface area (Å²) in [6, 6.07) is 0.349. The van der Waals surface area contributed by atoms with Crippen molar-refractivity contribution in [2.45, 2.75) is 52.5 Å². The fourth-order valence-corrected chi connectivity index (χ4v) is 1.46.